The lowest BCUT2D eigenvalue weighted by atomic mass is 9.85. The van der Waals surface area contributed by atoms with Crippen molar-refractivity contribution in [3.63, 3.8) is 0 Å². The van der Waals surface area contributed by atoms with Crippen LogP contribution >= 0.6 is 11.8 Å². The van der Waals surface area contributed by atoms with Gasteiger partial charge >= 0.3 is 0 Å². The largest absolute Gasteiger partial charge is 0.355 e. The molecule has 27 heavy (non-hydrogen) atoms. The van der Waals surface area contributed by atoms with E-state index in [0.717, 1.165) is 11.4 Å². The van der Waals surface area contributed by atoms with E-state index in [4.69, 9.17) is 0 Å². The number of hydrogen-bond acceptors (Lipinski definition) is 5. The first-order valence-electron chi connectivity index (χ1n) is 9.12. The van der Waals surface area contributed by atoms with Gasteiger partial charge in [-0.2, -0.15) is 0 Å². The van der Waals surface area contributed by atoms with Crippen LogP contribution in [0.4, 0.5) is 0 Å². The number of rotatable bonds is 9. The first-order valence-corrected chi connectivity index (χ1v) is 10.3. The molecule has 144 valence electrons. The van der Waals surface area contributed by atoms with Crippen LogP contribution in [0.5, 0.6) is 0 Å². The van der Waals surface area contributed by atoms with E-state index in [-0.39, 0.29) is 48.2 Å². The van der Waals surface area contributed by atoms with E-state index in [2.05, 4.69) is 10.6 Å². The summed E-state index contributed by atoms with van der Waals surface area (Å²) in [6.07, 6.45) is 3.61. The molecule has 8 heteroatoms. The molecule has 1 aromatic rings. The average Bonchev–Trinajstić information content (AvgIpc) is 2.86. The van der Waals surface area contributed by atoms with E-state index in [1.54, 1.807) is 24.3 Å². The maximum Gasteiger partial charge on any atom is 0.261 e. The second-order valence-electron chi connectivity index (χ2n) is 6.75. The number of carbonyl (C=O) groups is 4. The molecule has 1 heterocycles. The summed E-state index contributed by atoms with van der Waals surface area (Å²) in [7, 11) is 0. The molecule has 7 nitrogen and oxygen atoms in total. The van der Waals surface area contributed by atoms with Gasteiger partial charge in [0.2, 0.25) is 11.8 Å². The summed E-state index contributed by atoms with van der Waals surface area (Å²) in [4.78, 5) is 49.1. The van der Waals surface area contributed by atoms with Crippen LogP contribution in [0.25, 0.3) is 0 Å². The standard InChI is InChI=1S/C19H23N3O4S/c23-16(11-27-12-17(24)21-10-13-4-3-5-13)20-8-9-22-18(25)14-6-1-2-7-15(14)19(22)26/h1-2,6-7,13H,3-5,8-12H2,(H,20,23)(H,21,24). The molecule has 1 aromatic carbocycles. The van der Waals surface area contributed by atoms with Gasteiger partial charge in [0.25, 0.3) is 11.8 Å². The molecule has 4 amide bonds. The predicted molar refractivity (Wildman–Crippen MR) is 102 cm³/mol. The van der Waals surface area contributed by atoms with Crippen molar-refractivity contribution < 1.29 is 19.2 Å². The molecule has 0 spiro atoms. The van der Waals surface area contributed by atoms with Gasteiger partial charge in [0.1, 0.15) is 0 Å². The first-order chi connectivity index (χ1) is 13.1. The normalized spacial score (nSPS) is 16.1. The number of hydrogen-bond donors (Lipinski definition) is 2. The molecule has 0 atom stereocenters. The maximum absolute atomic E-state index is 12.2. The number of fused-ring (bicyclic) bond motifs is 1. The van der Waals surface area contributed by atoms with Crippen LogP contribution in [0.2, 0.25) is 0 Å². The van der Waals surface area contributed by atoms with Crippen LogP contribution < -0.4 is 10.6 Å². The van der Waals surface area contributed by atoms with Gasteiger partial charge in [0, 0.05) is 19.6 Å². The highest BCUT2D eigenvalue weighted by Crippen LogP contribution is 2.25. The van der Waals surface area contributed by atoms with Crippen LogP contribution in [-0.4, -0.2) is 59.7 Å². The summed E-state index contributed by atoms with van der Waals surface area (Å²) < 4.78 is 0. The predicted octanol–water partition coefficient (Wildman–Crippen LogP) is 1.05. The van der Waals surface area contributed by atoms with Gasteiger partial charge in [-0.25, -0.2) is 0 Å². The third kappa shape index (κ3) is 4.88. The van der Waals surface area contributed by atoms with Crippen LogP contribution in [0, 0.1) is 5.92 Å². The van der Waals surface area contributed by atoms with Crippen molar-refractivity contribution in [3.8, 4) is 0 Å². The van der Waals surface area contributed by atoms with E-state index < -0.39 is 0 Å². The third-order valence-electron chi connectivity index (χ3n) is 4.81. The number of thioether (sulfide) groups is 1. The van der Waals surface area contributed by atoms with E-state index in [9.17, 15) is 19.2 Å². The fourth-order valence-electron chi connectivity index (χ4n) is 3.04. The molecule has 0 unspecified atom stereocenters. The van der Waals surface area contributed by atoms with Crippen LogP contribution in [0.3, 0.4) is 0 Å². The van der Waals surface area contributed by atoms with Crippen LogP contribution in [-0.2, 0) is 9.59 Å². The Kier molecular flexibility index (Phi) is 6.49. The van der Waals surface area contributed by atoms with Crippen molar-refractivity contribution in [3.05, 3.63) is 35.4 Å². The number of amides is 4. The molecule has 0 aromatic heterocycles. The van der Waals surface area contributed by atoms with Crippen molar-refractivity contribution in [2.75, 3.05) is 31.1 Å². The molecular formula is C19H23N3O4S. The lowest BCUT2D eigenvalue weighted by molar-refractivity contribution is -0.119. The third-order valence-corrected chi connectivity index (χ3v) is 5.75. The van der Waals surface area contributed by atoms with E-state index >= 15 is 0 Å². The molecule has 0 bridgehead atoms. The molecule has 0 saturated heterocycles. The summed E-state index contributed by atoms with van der Waals surface area (Å²) in [5, 5.41) is 5.57. The highest BCUT2D eigenvalue weighted by atomic mass is 32.2. The molecule has 1 aliphatic carbocycles. The Morgan fingerprint density at radius 3 is 2.15 bits per heavy atom. The Labute approximate surface area is 162 Å². The Balaban J connectivity index is 1.30. The van der Waals surface area contributed by atoms with Gasteiger partial charge in [0.05, 0.1) is 22.6 Å². The molecule has 0 radical (unpaired) electrons. The van der Waals surface area contributed by atoms with Gasteiger partial charge in [-0.3, -0.25) is 24.1 Å². The zero-order chi connectivity index (χ0) is 19.2. The second kappa shape index (κ2) is 9.03. The summed E-state index contributed by atoms with van der Waals surface area (Å²) in [6.45, 7) is 1.05. The monoisotopic (exact) mass is 389 g/mol. The van der Waals surface area contributed by atoms with Crippen molar-refractivity contribution in [2.45, 2.75) is 19.3 Å². The molecular weight excluding hydrogens is 366 g/mol. The van der Waals surface area contributed by atoms with Gasteiger partial charge in [-0.1, -0.05) is 18.6 Å². The quantitative estimate of drug-likeness (QED) is 0.616. The minimum absolute atomic E-state index is 0.0503. The van der Waals surface area contributed by atoms with Crippen molar-refractivity contribution in [1.29, 1.82) is 0 Å². The Morgan fingerprint density at radius 2 is 1.59 bits per heavy atom. The van der Waals surface area contributed by atoms with Gasteiger partial charge < -0.3 is 10.6 Å². The Morgan fingerprint density at radius 1 is 1.00 bits per heavy atom. The van der Waals surface area contributed by atoms with Crippen molar-refractivity contribution in [2.24, 2.45) is 5.92 Å². The fourth-order valence-corrected chi connectivity index (χ4v) is 3.72. The van der Waals surface area contributed by atoms with Crippen LogP contribution in [0.15, 0.2) is 24.3 Å². The van der Waals surface area contributed by atoms with E-state index in [0.29, 0.717) is 17.0 Å². The highest BCUT2D eigenvalue weighted by molar-refractivity contribution is 8.00. The number of imide groups is 1. The van der Waals surface area contributed by atoms with Crippen LogP contribution in [0.1, 0.15) is 40.0 Å². The Bertz CT molecular complexity index is 713. The Hall–Kier alpha value is -2.35. The smallest absolute Gasteiger partial charge is 0.261 e. The summed E-state index contributed by atoms with van der Waals surface area (Å²) in [5.41, 5.74) is 0.801. The number of carbonyl (C=O) groups excluding carboxylic acids is 4. The summed E-state index contributed by atoms with van der Waals surface area (Å²) in [5.74, 6) is 0.0978. The first kappa shape index (κ1) is 19.4. The number of nitrogens with one attached hydrogen (secondary N) is 2. The summed E-state index contributed by atoms with van der Waals surface area (Å²) in [6, 6.07) is 6.69. The highest BCUT2D eigenvalue weighted by Gasteiger charge is 2.34. The zero-order valence-electron chi connectivity index (χ0n) is 15.0. The van der Waals surface area contributed by atoms with Gasteiger partial charge in [-0.15, -0.1) is 11.8 Å². The topological polar surface area (TPSA) is 95.6 Å². The molecule has 1 fully saturated rings. The molecule has 2 aliphatic rings. The van der Waals surface area contributed by atoms with Crippen molar-refractivity contribution in [1.82, 2.24) is 15.5 Å². The molecule has 3 rings (SSSR count). The molecule has 2 N–H and O–H groups in total. The summed E-state index contributed by atoms with van der Waals surface area (Å²) >= 11 is 1.25. The van der Waals surface area contributed by atoms with E-state index in [1.165, 1.54) is 31.0 Å². The lowest BCUT2D eigenvalue weighted by Crippen LogP contribution is -2.38. The number of benzene rings is 1. The number of nitrogens with zero attached hydrogens (tertiary/aromatic N) is 1. The van der Waals surface area contributed by atoms with E-state index in [1.807, 2.05) is 0 Å². The SMILES string of the molecule is O=C(CSCC(=O)NCC1CCC1)NCCN1C(=O)c2ccccc2C1=O. The second-order valence-corrected chi connectivity index (χ2v) is 7.74. The lowest BCUT2D eigenvalue weighted by Gasteiger charge is -2.25. The van der Waals surface area contributed by atoms with Crippen molar-refractivity contribution >= 4 is 35.4 Å². The fraction of sp³-hybridized carbons (Fsp3) is 0.474. The zero-order valence-corrected chi connectivity index (χ0v) is 15.8. The molecule has 1 saturated carbocycles. The van der Waals surface area contributed by atoms with Gasteiger partial charge in [0.15, 0.2) is 0 Å². The van der Waals surface area contributed by atoms with Gasteiger partial charge in [-0.05, 0) is 30.9 Å². The average molecular weight is 389 g/mol. The maximum atomic E-state index is 12.2. The minimum Gasteiger partial charge on any atom is -0.355 e. The molecule has 1 aliphatic heterocycles. The minimum atomic E-state index is -0.331.